The number of thiocarbonyl (C=S) groups is 1. The van der Waals surface area contributed by atoms with E-state index in [-0.39, 0.29) is 5.11 Å². The molecule has 0 aromatic heterocycles. The normalized spacial score (nSPS) is 10.3. The molecule has 2 amide bonds. The molecule has 0 spiro atoms. The van der Waals surface area contributed by atoms with E-state index in [1.165, 1.54) is 13.2 Å². The van der Waals surface area contributed by atoms with E-state index < -0.39 is 11.8 Å². The van der Waals surface area contributed by atoms with Gasteiger partial charge >= 0.3 is 0 Å². The first-order valence-corrected chi connectivity index (χ1v) is 8.25. The third kappa shape index (κ3) is 5.82. The molecule has 0 unspecified atom stereocenters. The number of nitrogens with two attached hydrogens (primary N) is 1. The van der Waals surface area contributed by atoms with Crippen molar-refractivity contribution in [3.63, 3.8) is 0 Å². The predicted octanol–water partition coefficient (Wildman–Crippen LogP) is 2.33. The van der Waals surface area contributed by atoms with Gasteiger partial charge in [-0.25, -0.2) is 0 Å². The van der Waals surface area contributed by atoms with Crippen LogP contribution in [0.5, 0.6) is 11.5 Å². The maximum absolute atomic E-state index is 12.0. The van der Waals surface area contributed by atoms with Crippen molar-refractivity contribution in [1.29, 1.82) is 0 Å². The number of nitrogens with one attached hydrogen (secondary N) is 2. The van der Waals surface area contributed by atoms with Gasteiger partial charge in [-0.05, 0) is 60.3 Å². The van der Waals surface area contributed by atoms with E-state index in [0.29, 0.717) is 22.7 Å². The van der Waals surface area contributed by atoms with E-state index in [4.69, 9.17) is 27.4 Å². The molecule has 2 aromatic rings. The molecule has 27 heavy (non-hydrogen) atoms. The highest BCUT2D eigenvalue weighted by Gasteiger charge is 2.05. The smallest absolute Gasteiger partial charge is 0.250 e. The highest BCUT2D eigenvalue weighted by molar-refractivity contribution is 7.80. The summed E-state index contributed by atoms with van der Waals surface area (Å²) < 4.78 is 10.4. The third-order valence-electron chi connectivity index (χ3n) is 3.50. The molecule has 8 heteroatoms. The molecule has 0 heterocycles. The molecule has 4 N–H and O–H groups in total. The molecule has 0 fully saturated rings. The van der Waals surface area contributed by atoms with Crippen molar-refractivity contribution in [2.45, 2.75) is 0 Å². The van der Waals surface area contributed by atoms with Gasteiger partial charge in [0.25, 0.3) is 0 Å². The largest absolute Gasteiger partial charge is 0.493 e. The second-order valence-electron chi connectivity index (χ2n) is 5.33. The van der Waals surface area contributed by atoms with Crippen LogP contribution in [0.1, 0.15) is 15.9 Å². The molecule has 0 radical (unpaired) electrons. The van der Waals surface area contributed by atoms with Crippen LogP contribution in [0.4, 0.5) is 5.69 Å². The second-order valence-corrected chi connectivity index (χ2v) is 5.74. The number of ether oxygens (including phenoxy) is 2. The van der Waals surface area contributed by atoms with E-state index in [1.807, 2.05) is 0 Å². The molecule has 0 atom stereocenters. The zero-order valence-electron chi connectivity index (χ0n) is 14.8. The summed E-state index contributed by atoms with van der Waals surface area (Å²) in [7, 11) is 3.09. The van der Waals surface area contributed by atoms with Crippen LogP contribution in [0.3, 0.4) is 0 Å². The molecule has 2 rings (SSSR count). The van der Waals surface area contributed by atoms with E-state index in [0.717, 1.165) is 5.56 Å². The van der Waals surface area contributed by atoms with E-state index in [9.17, 15) is 9.59 Å². The first kappa shape index (κ1) is 19.9. The molecule has 7 nitrogen and oxygen atoms in total. The fourth-order valence-corrected chi connectivity index (χ4v) is 2.38. The van der Waals surface area contributed by atoms with Crippen molar-refractivity contribution in [1.82, 2.24) is 5.32 Å². The quantitative estimate of drug-likeness (QED) is 0.521. The van der Waals surface area contributed by atoms with Crippen LogP contribution in [0.25, 0.3) is 6.08 Å². The van der Waals surface area contributed by atoms with E-state index in [1.54, 1.807) is 55.7 Å². The van der Waals surface area contributed by atoms with E-state index in [2.05, 4.69) is 10.6 Å². The average Bonchev–Trinajstić information content (AvgIpc) is 2.66. The van der Waals surface area contributed by atoms with Gasteiger partial charge in [0.1, 0.15) is 0 Å². The molecule has 0 aliphatic rings. The molecule has 0 bridgehead atoms. The van der Waals surface area contributed by atoms with Crippen molar-refractivity contribution < 1.29 is 19.1 Å². The van der Waals surface area contributed by atoms with E-state index >= 15 is 0 Å². The topological polar surface area (TPSA) is 103 Å². The van der Waals surface area contributed by atoms with Crippen LogP contribution in [0.15, 0.2) is 48.5 Å². The fraction of sp³-hybridized carbons (Fsp3) is 0.105. The predicted molar refractivity (Wildman–Crippen MR) is 108 cm³/mol. The monoisotopic (exact) mass is 385 g/mol. The summed E-state index contributed by atoms with van der Waals surface area (Å²) in [5.74, 6) is 0.261. The Labute approximate surface area is 162 Å². The zero-order chi connectivity index (χ0) is 19.8. The highest BCUT2D eigenvalue weighted by Crippen LogP contribution is 2.27. The Morgan fingerprint density at radius 1 is 1.04 bits per heavy atom. The average molecular weight is 385 g/mol. The van der Waals surface area contributed by atoms with Gasteiger partial charge in [0.15, 0.2) is 16.6 Å². The minimum absolute atomic E-state index is 0.129. The standard InChI is InChI=1S/C19H19N3O4S/c1-25-15-9-3-12(11-16(15)26-2)4-10-17(23)22-19(27)21-14-7-5-13(6-8-14)18(20)24/h3-11H,1-2H3,(H2,20,24)(H2,21,22,23,27)/b10-4+. The number of anilines is 1. The van der Waals surface area contributed by atoms with Gasteiger partial charge in [0, 0.05) is 17.3 Å². The summed E-state index contributed by atoms with van der Waals surface area (Å²) in [6.07, 6.45) is 2.98. The Balaban J connectivity index is 1.93. The summed E-state index contributed by atoms with van der Waals surface area (Å²) in [6, 6.07) is 11.7. The summed E-state index contributed by atoms with van der Waals surface area (Å²) in [5, 5.41) is 5.51. The number of primary amides is 1. The molecule has 0 aliphatic carbocycles. The van der Waals surface area contributed by atoms with Gasteiger partial charge in [0.2, 0.25) is 11.8 Å². The lowest BCUT2D eigenvalue weighted by Gasteiger charge is -2.09. The van der Waals surface area contributed by atoms with Crippen molar-refractivity contribution in [2.75, 3.05) is 19.5 Å². The minimum Gasteiger partial charge on any atom is -0.493 e. The summed E-state index contributed by atoms with van der Waals surface area (Å²) >= 11 is 5.09. The number of carbonyl (C=O) groups is 2. The molecular formula is C19H19N3O4S. The molecule has 0 saturated carbocycles. The van der Waals surface area contributed by atoms with Gasteiger partial charge in [-0.1, -0.05) is 6.07 Å². The molecule has 140 valence electrons. The van der Waals surface area contributed by atoms with Crippen molar-refractivity contribution in [3.05, 3.63) is 59.7 Å². The number of hydrogen-bond acceptors (Lipinski definition) is 5. The van der Waals surface area contributed by atoms with Crippen LogP contribution in [-0.2, 0) is 4.79 Å². The lowest BCUT2D eigenvalue weighted by atomic mass is 10.2. The van der Waals surface area contributed by atoms with Gasteiger partial charge < -0.3 is 20.5 Å². The number of rotatable bonds is 6. The first-order valence-electron chi connectivity index (χ1n) is 7.85. The molecule has 2 aromatic carbocycles. The molecule has 0 saturated heterocycles. The van der Waals surface area contributed by atoms with Gasteiger partial charge in [-0.2, -0.15) is 0 Å². The maximum Gasteiger partial charge on any atom is 0.250 e. The number of hydrogen-bond donors (Lipinski definition) is 3. The number of methoxy groups -OCH3 is 2. The van der Waals surface area contributed by atoms with Gasteiger partial charge in [-0.3, -0.25) is 14.9 Å². The Bertz CT molecular complexity index is 879. The zero-order valence-corrected chi connectivity index (χ0v) is 15.6. The number of benzene rings is 2. The van der Waals surface area contributed by atoms with Crippen molar-refractivity contribution >= 4 is 40.9 Å². The Hall–Kier alpha value is -3.39. The van der Waals surface area contributed by atoms with Crippen LogP contribution in [0.2, 0.25) is 0 Å². The summed E-state index contributed by atoms with van der Waals surface area (Å²) in [4.78, 5) is 23.0. The fourth-order valence-electron chi connectivity index (χ4n) is 2.16. The Kier molecular flexibility index (Phi) is 6.90. The van der Waals surface area contributed by atoms with Crippen molar-refractivity contribution in [3.8, 4) is 11.5 Å². The Morgan fingerprint density at radius 3 is 2.30 bits per heavy atom. The van der Waals surface area contributed by atoms with Gasteiger partial charge in [0.05, 0.1) is 14.2 Å². The number of amides is 2. The second kappa shape index (κ2) is 9.35. The van der Waals surface area contributed by atoms with Crippen molar-refractivity contribution in [2.24, 2.45) is 5.73 Å². The highest BCUT2D eigenvalue weighted by atomic mass is 32.1. The minimum atomic E-state index is -0.516. The SMILES string of the molecule is COc1ccc(/C=C/C(=O)NC(=S)Nc2ccc(C(N)=O)cc2)cc1OC. The molecular weight excluding hydrogens is 366 g/mol. The lowest BCUT2D eigenvalue weighted by Crippen LogP contribution is -2.32. The van der Waals surface area contributed by atoms with Gasteiger partial charge in [-0.15, -0.1) is 0 Å². The van der Waals surface area contributed by atoms with Crippen LogP contribution < -0.4 is 25.8 Å². The van der Waals surface area contributed by atoms with Crippen LogP contribution in [-0.4, -0.2) is 31.1 Å². The lowest BCUT2D eigenvalue weighted by molar-refractivity contribution is -0.115. The summed E-state index contributed by atoms with van der Waals surface area (Å²) in [5.41, 5.74) is 6.95. The maximum atomic E-state index is 12.0. The van der Waals surface area contributed by atoms with Crippen LogP contribution >= 0.6 is 12.2 Å². The molecule has 0 aliphatic heterocycles. The van der Waals surface area contributed by atoms with Crippen LogP contribution in [0, 0.1) is 0 Å². The Morgan fingerprint density at radius 2 is 1.70 bits per heavy atom. The number of carbonyl (C=O) groups excluding carboxylic acids is 2. The first-order chi connectivity index (χ1) is 12.9. The summed E-state index contributed by atoms with van der Waals surface area (Å²) in [6.45, 7) is 0. The third-order valence-corrected chi connectivity index (χ3v) is 3.70.